The molecule has 0 heterocycles. The lowest BCUT2D eigenvalue weighted by Crippen LogP contribution is -1.94. The maximum Gasteiger partial charge on any atom is 0.199 e. The number of carbonyl (C=O) groups excluding carboxylic acids is 1. The minimum atomic E-state index is 0.156. The van der Waals surface area contributed by atoms with Crippen LogP contribution in [0.5, 0.6) is 0 Å². The molecular weight excluding hydrogens is 140 g/mol. The van der Waals surface area contributed by atoms with Crippen molar-refractivity contribution < 1.29 is 4.79 Å². The van der Waals surface area contributed by atoms with Crippen molar-refractivity contribution in [2.75, 3.05) is 0 Å². The highest BCUT2D eigenvalue weighted by Crippen LogP contribution is 2.13. The van der Waals surface area contributed by atoms with E-state index < -0.39 is 0 Å². The van der Waals surface area contributed by atoms with Crippen LogP contribution in [0, 0.1) is 5.92 Å². The van der Waals surface area contributed by atoms with Gasteiger partial charge in [-0.25, -0.2) is 0 Å². The molecule has 0 bridgehead atoms. The molecule has 0 aliphatic heterocycles. The van der Waals surface area contributed by atoms with Crippen LogP contribution in [0.3, 0.4) is 0 Å². The van der Waals surface area contributed by atoms with Crippen LogP contribution in [0.1, 0.15) is 20.3 Å². The second-order valence-electron chi connectivity index (χ2n) is 2.06. The molecule has 3 heteroatoms. The summed E-state index contributed by atoms with van der Waals surface area (Å²) in [6, 6.07) is 0. The van der Waals surface area contributed by atoms with Gasteiger partial charge in [-0.3, -0.25) is 4.79 Å². The monoisotopic (exact) mass is 150 g/mol. The summed E-state index contributed by atoms with van der Waals surface area (Å²) in [5.74, 6) is 0.460. The molecule has 0 N–H and O–H groups in total. The van der Waals surface area contributed by atoms with Crippen molar-refractivity contribution in [1.29, 1.82) is 0 Å². The third kappa shape index (κ3) is 4.53. The summed E-state index contributed by atoms with van der Waals surface area (Å²) in [5, 5.41) is 0.156. The van der Waals surface area contributed by atoms with Gasteiger partial charge in [0, 0.05) is 6.42 Å². The number of hydrogen-bond donors (Lipinski definition) is 1. The van der Waals surface area contributed by atoms with Crippen LogP contribution in [-0.2, 0) is 4.79 Å². The summed E-state index contributed by atoms with van der Waals surface area (Å²) in [6.45, 7) is 4.03. The molecule has 0 saturated heterocycles. The highest BCUT2D eigenvalue weighted by atomic mass is 33.1. The van der Waals surface area contributed by atoms with Crippen LogP contribution in [0.15, 0.2) is 0 Å². The van der Waals surface area contributed by atoms with E-state index in [2.05, 4.69) is 11.7 Å². The Morgan fingerprint density at radius 2 is 2.25 bits per heavy atom. The molecule has 0 aliphatic rings. The molecule has 0 atom stereocenters. The van der Waals surface area contributed by atoms with Gasteiger partial charge in [0.25, 0.3) is 0 Å². The summed E-state index contributed by atoms with van der Waals surface area (Å²) in [6.07, 6.45) is 0.633. The van der Waals surface area contributed by atoms with Crippen molar-refractivity contribution in [3.05, 3.63) is 0 Å². The smallest absolute Gasteiger partial charge is 0.199 e. The SMILES string of the molecule is CC(C)CC(=O)SS. The van der Waals surface area contributed by atoms with Crippen molar-refractivity contribution in [3.8, 4) is 0 Å². The van der Waals surface area contributed by atoms with Crippen molar-refractivity contribution in [2.45, 2.75) is 20.3 Å². The van der Waals surface area contributed by atoms with E-state index in [1.807, 2.05) is 13.8 Å². The molecule has 0 unspecified atom stereocenters. The van der Waals surface area contributed by atoms with Crippen LogP contribution >= 0.6 is 22.5 Å². The Morgan fingerprint density at radius 3 is 2.38 bits per heavy atom. The van der Waals surface area contributed by atoms with E-state index in [-0.39, 0.29) is 5.12 Å². The van der Waals surface area contributed by atoms with Gasteiger partial charge in [0.05, 0.1) is 0 Å². The molecule has 8 heavy (non-hydrogen) atoms. The number of hydrogen-bond acceptors (Lipinski definition) is 3. The zero-order chi connectivity index (χ0) is 6.57. The van der Waals surface area contributed by atoms with E-state index in [1.165, 1.54) is 0 Å². The largest absolute Gasteiger partial charge is 0.286 e. The summed E-state index contributed by atoms with van der Waals surface area (Å²) >= 11 is 3.76. The Hall–Kier alpha value is 0.370. The first-order chi connectivity index (χ1) is 3.66. The highest BCUT2D eigenvalue weighted by Gasteiger charge is 2.01. The fraction of sp³-hybridized carbons (Fsp3) is 0.800. The summed E-state index contributed by atoms with van der Waals surface area (Å²) < 4.78 is 0. The second-order valence-corrected chi connectivity index (χ2v) is 3.25. The lowest BCUT2D eigenvalue weighted by Gasteiger charge is -1.97. The standard InChI is InChI=1S/C5H10OS2/c1-4(2)3-5(6)8-7/h4,7H,3H2,1-2H3. The topological polar surface area (TPSA) is 17.1 Å². The molecule has 0 rings (SSSR count). The Labute approximate surface area is 59.0 Å². The van der Waals surface area contributed by atoms with E-state index in [0.717, 1.165) is 10.8 Å². The lowest BCUT2D eigenvalue weighted by molar-refractivity contribution is -0.111. The van der Waals surface area contributed by atoms with Crippen molar-refractivity contribution in [1.82, 2.24) is 0 Å². The van der Waals surface area contributed by atoms with E-state index >= 15 is 0 Å². The average Bonchev–Trinajstić information content (AvgIpc) is 1.65. The van der Waals surface area contributed by atoms with E-state index in [1.54, 1.807) is 0 Å². The van der Waals surface area contributed by atoms with Crippen molar-refractivity contribution in [2.24, 2.45) is 5.92 Å². The van der Waals surface area contributed by atoms with Gasteiger partial charge in [0.15, 0.2) is 5.12 Å². The molecular formula is C5H10OS2. The average molecular weight is 150 g/mol. The van der Waals surface area contributed by atoms with Crippen LogP contribution in [0.4, 0.5) is 0 Å². The molecule has 0 amide bonds. The van der Waals surface area contributed by atoms with Gasteiger partial charge < -0.3 is 0 Å². The van der Waals surface area contributed by atoms with Gasteiger partial charge in [-0.1, -0.05) is 13.8 Å². The summed E-state index contributed by atoms with van der Waals surface area (Å²) in [4.78, 5) is 10.5. The van der Waals surface area contributed by atoms with Gasteiger partial charge in [-0.15, -0.1) is 11.7 Å². The third-order valence-corrected chi connectivity index (χ3v) is 1.66. The molecule has 0 spiro atoms. The van der Waals surface area contributed by atoms with Gasteiger partial charge in [0.2, 0.25) is 0 Å². The third-order valence-electron chi connectivity index (χ3n) is 0.677. The minimum Gasteiger partial charge on any atom is -0.286 e. The maximum atomic E-state index is 10.5. The summed E-state index contributed by atoms with van der Waals surface area (Å²) in [7, 11) is 1.01. The normalized spacial score (nSPS) is 10.0. The van der Waals surface area contributed by atoms with Crippen LogP contribution in [-0.4, -0.2) is 5.12 Å². The Morgan fingerprint density at radius 1 is 1.75 bits per heavy atom. The molecule has 1 nitrogen and oxygen atoms in total. The van der Waals surface area contributed by atoms with Gasteiger partial charge in [-0.2, -0.15) is 0 Å². The predicted octanol–water partition coefficient (Wildman–Crippen LogP) is 2.14. The fourth-order valence-corrected chi connectivity index (χ4v) is 1.00. The first-order valence-electron chi connectivity index (χ1n) is 2.51. The first kappa shape index (κ1) is 8.37. The lowest BCUT2D eigenvalue weighted by atomic mass is 10.2. The number of carbonyl (C=O) groups is 1. The van der Waals surface area contributed by atoms with Crippen molar-refractivity contribution >= 4 is 27.6 Å². The number of rotatable bonds is 2. The van der Waals surface area contributed by atoms with Gasteiger partial charge in [0.1, 0.15) is 0 Å². The zero-order valence-electron chi connectivity index (χ0n) is 5.05. The van der Waals surface area contributed by atoms with Crippen LogP contribution in [0.25, 0.3) is 0 Å². The van der Waals surface area contributed by atoms with E-state index in [4.69, 9.17) is 0 Å². The zero-order valence-corrected chi connectivity index (χ0v) is 6.76. The molecule has 48 valence electrons. The van der Waals surface area contributed by atoms with Crippen LogP contribution in [0.2, 0.25) is 0 Å². The van der Waals surface area contributed by atoms with Gasteiger partial charge in [-0.05, 0) is 16.7 Å². The van der Waals surface area contributed by atoms with Crippen LogP contribution < -0.4 is 0 Å². The predicted molar refractivity (Wildman–Crippen MR) is 41.0 cm³/mol. The van der Waals surface area contributed by atoms with Gasteiger partial charge >= 0.3 is 0 Å². The first-order valence-corrected chi connectivity index (χ1v) is 4.38. The van der Waals surface area contributed by atoms with Crippen molar-refractivity contribution in [3.63, 3.8) is 0 Å². The molecule has 0 aromatic rings. The van der Waals surface area contributed by atoms with E-state index in [0.29, 0.717) is 12.3 Å². The molecule has 0 fully saturated rings. The summed E-state index contributed by atoms with van der Waals surface area (Å²) in [5.41, 5.74) is 0. The Kier molecular flexibility index (Phi) is 4.47. The molecule has 0 aliphatic carbocycles. The van der Waals surface area contributed by atoms with E-state index in [9.17, 15) is 4.79 Å². The molecule has 0 saturated carbocycles. The maximum absolute atomic E-state index is 10.5. The Bertz CT molecular complexity index is 80.5. The molecule has 0 aromatic heterocycles. The minimum absolute atomic E-state index is 0.156. The quantitative estimate of drug-likeness (QED) is 0.480. The fourth-order valence-electron chi connectivity index (χ4n) is 0.371. The highest BCUT2D eigenvalue weighted by molar-refractivity contribution is 8.74. The number of thiol groups is 1. The molecule has 0 aromatic carbocycles. The second kappa shape index (κ2) is 4.27. The Balaban J connectivity index is 3.25. The molecule has 0 radical (unpaired) electrons.